The van der Waals surface area contributed by atoms with E-state index >= 15 is 0 Å². The monoisotopic (exact) mass is 587 g/mol. The van der Waals surface area contributed by atoms with E-state index in [0.29, 0.717) is 34.6 Å². The number of allylic oxidation sites excluding steroid dienone is 2. The molecule has 0 bridgehead atoms. The fraction of sp³-hybridized carbons (Fsp3) is 0.273. The average molecular weight is 589 g/mol. The van der Waals surface area contributed by atoms with Gasteiger partial charge in [-0.2, -0.15) is 5.10 Å². The van der Waals surface area contributed by atoms with Crippen LogP contribution in [-0.4, -0.2) is 22.7 Å². The largest absolute Gasteiger partial charge is 0.493 e. The summed E-state index contributed by atoms with van der Waals surface area (Å²) in [5.41, 5.74) is 6.03. The first-order valence-electron chi connectivity index (χ1n) is 13.6. The fourth-order valence-corrected chi connectivity index (χ4v) is 6.33. The van der Waals surface area contributed by atoms with Crippen molar-refractivity contribution in [1.82, 2.24) is 9.78 Å². The number of benzene rings is 3. The average Bonchev–Trinajstić information content (AvgIpc) is 3.26. The molecule has 3 aromatic carbocycles. The number of carbonyl (C=O) groups is 1. The number of ketones is 1. The summed E-state index contributed by atoms with van der Waals surface area (Å²) in [6.07, 6.45) is 1.23. The van der Waals surface area contributed by atoms with Crippen molar-refractivity contribution in [3.05, 3.63) is 110 Å². The van der Waals surface area contributed by atoms with Crippen molar-refractivity contribution in [2.75, 3.05) is 12.4 Å². The lowest BCUT2D eigenvalue weighted by molar-refractivity contribution is -0.118. The van der Waals surface area contributed by atoms with Gasteiger partial charge in [-0.25, -0.2) is 4.68 Å². The summed E-state index contributed by atoms with van der Waals surface area (Å²) in [5, 5.41) is 9.82. The third kappa shape index (κ3) is 5.11. The van der Waals surface area contributed by atoms with E-state index in [2.05, 4.69) is 19.2 Å². The van der Waals surface area contributed by atoms with Crippen LogP contribution < -0.4 is 14.8 Å². The van der Waals surface area contributed by atoms with Crippen molar-refractivity contribution in [3.8, 4) is 17.2 Å². The topological polar surface area (TPSA) is 65.4 Å². The van der Waals surface area contributed by atoms with Crippen LogP contribution >= 0.6 is 23.2 Å². The summed E-state index contributed by atoms with van der Waals surface area (Å²) in [4.78, 5) is 13.8. The number of ether oxygens (including phenoxy) is 2. The standard InChI is InChI=1S/C33H31Cl2N3O3/c1-19-29-30(20-12-13-27(28(14-20)40-4)41-18-21-8-5-6-11-24(21)35)31-25(16-33(2,3)17-26(31)39)36-32(29)38(37-19)23-10-7-9-22(34)15-23/h5-15,30,36H,16-18H2,1-4H3. The second kappa shape index (κ2) is 10.6. The minimum atomic E-state index is -0.315. The lowest BCUT2D eigenvalue weighted by atomic mass is 9.69. The molecule has 6 nitrogen and oxygen atoms in total. The van der Waals surface area contributed by atoms with Crippen LogP contribution in [0.25, 0.3) is 5.69 Å². The smallest absolute Gasteiger partial charge is 0.162 e. The van der Waals surface area contributed by atoms with Crippen molar-refractivity contribution in [3.63, 3.8) is 0 Å². The zero-order chi connectivity index (χ0) is 28.9. The maximum Gasteiger partial charge on any atom is 0.162 e. The SMILES string of the molecule is COc1cc(C2C3=C(CC(C)(C)CC3=O)Nc3c2c(C)nn3-c2cccc(Cl)c2)ccc1OCc1ccccc1Cl. The quantitative estimate of drug-likeness (QED) is 0.246. The van der Waals surface area contributed by atoms with Crippen molar-refractivity contribution < 1.29 is 14.3 Å². The van der Waals surface area contributed by atoms with E-state index in [4.69, 9.17) is 37.8 Å². The molecule has 0 spiro atoms. The van der Waals surface area contributed by atoms with Crippen LogP contribution in [0.5, 0.6) is 11.5 Å². The van der Waals surface area contributed by atoms with Gasteiger partial charge in [-0.05, 0) is 60.7 Å². The third-order valence-electron chi connectivity index (χ3n) is 7.79. The highest BCUT2D eigenvalue weighted by Crippen LogP contribution is 2.51. The summed E-state index contributed by atoms with van der Waals surface area (Å²) in [7, 11) is 1.62. The number of aryl methyl sites for hydroxylation is 1. The molecular weight excluding hydrogens is 557 g/mol. The highest BCUT2D eigenvalue weighted by Gasteiger charge is 2.43. The Balaban J connectivity index is 1.46. The van der Waals surface area contributed by atoms with Crippen molar-refractivity contribution in [1.29, 1.82) is 0 Å². The predicted molar refractivity (Wildman–Crippen MR) is 163 cm³/mol. The molecule has 0 radical (unpaired) electrons. The van der Waals surface area contributed by atoms with E-state index in [1.54, 1.807) is 7.11 Å². The Bertz CT molecular complexity index is 1710. The Kier molecular flexibility index (Phi) is 7.08. The molecule has 210 valence electrons. The van der Waals surface area contributed by atoms with Crippen molar-refractivity contribution in [2.24, 2.45) is 5.41 Å². The molecule has 0 fully saturated rings. The minimum absolute atomic E-state index is 0.146. The van der Waals surface area contributed by atoms with Crippen LogP contribution in [0.3, 0.4) is 0 Å². The molecule has 1 atom stereocenters. The van der Waals surface area contributed by atoms with E-state index in [1.807, 2.05) is 78.3 Å². The number of aromatic nitrogens is 2. The van der Waals surface area contributed by atoms with Gasteiger partial charge in [0.1, 0.15) is 12.4 Å². The number of rotatable bonds is 6. The molecule has 41 heavy (non-hydrogen) atoms. The number of carbonyl (C=O) groups excluding carboxylic acids is 1. The highest BCUT2D eigenvalue weighted by atomic mass is 35.5. The van der Waals surface area contributed by atoms with Gasteiger partial charge in [0.2, 0.25) is 0 Å². The summed E-state index contributed by atoms with van der Waals surface area (Å²) in [6, 6.07) is 21.1. The fourth-order valence-electron chi connectivity index (χ4n) is 5.96. The van der Waals surface area contributed by atoms with Gasteiger partial charge in [0, 0.05) is 44.8 Å². The maximum atomic E-state index is 13.8. The van der Waals surface area contributed by atoms with Gasteiger partial charge in [0.05, 0.1) is 18.5 Å². The summed E-state index contributed by atoms with van der Waals surface area (Å²) >= 11 is 12.7. The summed E-state index contributed by atoms with van der Waals surface area (Å²) < 4.78 is 13.8. The summed E-state index contributed by atoms with van der Waals surface area (Å²) in [6.45, 7) is 6.56. The molecule has 0 saturated heterocycles. The third-order valence-corrected chi connectivity index (χ3v) is 8.39. The van der Waals surface area contributed by atoms with Gasteiger partial charge < -0.3 is 14.8 Å². The van der Waals surface area contributed by atoms with Crippen LogP contribution in [0.2, 0.25) is 10.0 Å². The van der Waals surface area contributed by atoms with Gasteiger partial charge in [-0.1, -0.05) is 67.4 Å². The molecule has 1 aliphatic carbocycles. The molecule has 1 aromatic heterocycles. The molecule has 1 N–H and O–H groups in total. The zero-order valence-corrected chi connectivity index (χ0v) is 24.9. The Labute approximate surface area is 249 Å². The lowest BCUT2D eigenvalue weighted by Gasteiger charge is -2.38. The molecular formula is C33H31Cl2N3O3. The van der Waals surface area contributed by atoms with Gasteiger partial charge in [-0.3, -0.25) is 4.79 Å². The molecule has 0 saturated carbocycles. The van der Waals surface area contributed by atoms with Gasteiger partial charge in [0.25, 0.3) is 0 Å². The van der Waals surface area contributed by atoms with Gasteiger partial charge in [-0.15, -0.1) is 0 Å². The first-order chi connectivity index (χ1) is 19.6. The molecule has 0 amide bonds. The lowest BCUT2D eigenvalue weighted by Crippen LogP contribution is -2.34. The van der Waals surface area contributed by atoms with Crippen LogP contribution in [-0.2, 0) is 11.4 Å². The minimum Gasteiger partial charge on any atom is -0.493 e. The molecule has 1 aliphatic heterocycles. The number of fused-ring (bicyclic) bond motifs is 1. The zero-order valence-electron chi connectivity index (χ0n) is 23.4. The van der Waals surface area contributed by atoms with Crippen molar-refractivity contribution >= 4 is 34.8 Å². The van der Waals surface area contributed by atoms with Crippen LogP contribution in [0.1, 0.15) is 55.0 Å². The summed E-state index contributed by atoms with van der Waals surface area (Å²) in [5.74, 6) is 1.86. The Morgan fingerprint density at radius 1 is 1.02 bits per heavy atom. The molecule has 1 unspecified atom stereocenters. The maximum absolute atomic E-state index is 13.8. The number of Topliss-reactive ketones (excluding diaryl/α,β-unsaturated/α-hetero) is 1. The Morgan fingerprint density at radius 3 is 2.59 bits per heavy atom. The van der Waals surface area contributed by atoms with E-state index in [9.17, 15) is 4.79 Å². The number of hydrogen-bond acceptors (Lipinski definition) is 5. The van der Waals surface area contributed by atoms with Crippen LogP contribution in [0, 0.1) is 12.3 Å². The molecule has 2 heterocycles. The predicted octanol–water partition coefficient (Wildman–Crippen LogP) is 8.28. The molecule has 6 rings (SSSR count). The van der Waals surface area contributed by atoms with E-state index < -0.39 is 0 Å². The highest BCUT2D eigenvalue weighted by molar-refractivity contribution is 6.31. The van der Waals surface area contributed by atoms with E-state index in [0.717, 1.165) is 51.6 Å². The normalized spacial score (nSPS) is 17.5. The number of halogens is 2. The van der Waals surface area contributed by atoms with E-state index in [-0.39, 0.29) is 17.1 Å². The van der Waals surface area contributed by atoms with Crippen LogP contribution in [0.4, 0.5) is 5.82 Å². The Morgan fingerprint density at radius 2 is 1.83 bits per heavy atom. The number of nitrogens with one attached hydrogen (secondary N) is 1. The van der Waals surface area contributed by atoms with Crippen molar-refractivity contribution in [2.45, 2.75) is 46.1 Å². The molecule has 4 aromatic rings. The Hall–Kier alpha value is -3.74. The second-order valence-electron chi connectivity index (χ2n) is 11.4. The molecule has 2 aliphatic rings. The number of nitrogens with zero attached hydrogens (tertiary/aromatic N) is 2. The van der Waals surface area contributed by atoms with Gasteiger partial charge in [0.15, 0.2) is 17.3 Å². The number of anilines is 1. The number of methoxy groups -OCH3 is 1. The first-order valence-corrected chi connectivity index (χ1v) is 14.3. The van der Waals surface area contributed by atoms with Crippen LogP contribution in [0.15, 0.2) is 78.0 Å². The second-order valence-corrected chi connectivity index (χ2v) is 12.3. The van der Waals surface area contributed by atoms with E-state index in [1.165, 1.54) is 0 Å². The first kappa shape index (κ1) is 27.4. The molecule has 8 heteroatoms. The number of hydrogen-bond donors (Lipinski definition) is 1. The van der Waals surface area contributed by atoms with Gasteiger partial charge >= 0.3 is 0 Å².